The van der Waals surface area contributed by atoms with E-state index in [9.17, 15) is 0 Å². The molecule has 2 aromatic heterocycles. The first-order valence-electron chi connectivity index (χ1n) is 9.35. The molecule has 1 atom stereocenters. The molecule has 0 spiro atoms. The highest BCUT2D eigenvalue weighted by atomic mass is 16.5. The van der Waals surface area contributed by atoms with Gasteiger partial charge in [-0.25, -0.2) is 4.98 Å². The van der Waals surface area contributed by atoms with Gasteiger partial charge in [0, 0.05) is 26.3 Å². The van der Waals surface area contributed by atoms with Crippen LogP contribution in [0.2, 0.25) is 0 Å². The van der Waals surface area contributed by atoms with Crippen LogP contribution >= 0.6 is 0 Å². The molecule has 1 fully saturated rings. The fraction of sp³-hybridized carbons (Fsp3) is 0.722. The highest BCUT2D eigenvalue weighted by Crippen LogP contribution is 2.34. The summed E-state index contributed by atoms with van der Waals surface area (Å²) < 4.78 is 12.8. The molecule has 0 bridgehead atoms. The largest absolute Gasteiger partial charge is 0.384 e. The number of rotatable bonds is 6. The molecular weight excluding hydrogens is 318 g/mol. The zero-order chi connectivity index (χ0) is 17.2. The Balaban J connectivity index is 1.49. The van der Waals surface area contributed by atoms with Crippen molar-refractivity contribution in [1.29, 1.82) is 0 Å². The number of nitrogens with zero attached hydrogens (tertiary/aromatic N) is 5. The molecule has 2 aromatic rings. The summed E-state index contributed by atoms with van der Waals surface area (Å²) in [7, 11) is 3.86. The molecule has 0 amide bonds. The third kappa shape index (κ3) is 3.35. The lowest BCUT2D eigenvalue weighted by Crippen LogP contribution is -2.25. The SMILES string of the molecule is COCCc1noc(CN2CCC[C@@H]2c2nc3c(n2C)CCCC3)n1. The zero-order valence-corrected chi connectivity index (χ0v) is 15.2. The van der Waals surface area contributed by atoms with Gasteiger partial charge in [0.2, 0.25) is 5.89 Å². The molecule has 0 aromatic carbocycles. The molecular formula is C18H27N5O2. The minimum atomic E-state index is 0.352. The monoisotopic (exact) mass is 345 g/mol. The number of fused-ring (bicyclic) bond motifs is 1. The van der Waals surface area contributed by atoms with Crippen LogP contribution in [0.5, 0.6) is 0 Å². The third-order valence-electron chi connectivity index (χ3n) is 5.45. The minimum Gasteiger partial charge on any atom is -0.384 e. The first-order chi connectivity index (χ1) is 12.3. The maximum absolute atomic E-state index is 5.43. The van der Waals surface area contributed by atoms with Gasteiger partial charge in [0.05, 0.1) is 24.9 Å². The second-order valence-electron chi connectivity index (χ2n) is 7.11. The fourth-order valence-corrected chi connectivity index (χ4v) is 4.14. The van der Waals surface area contributed by atoms with E-state index in [2.05, 4.69) is 26.7 Å². The highest BCUT2D eigenvalue weighted by Gasteiger charge is 2.32. The second-order valence-corrected chi connectivity index (χ2v) is 7.11. The standard InChI is InChI=1S/C18H27N5O2/c1-22-14-7-4-3-6-13(14)19-18(22)15-8-5-10-23(15)12-17-20-16(21-25-17)9-11-24-2/h15H,3-12H2,1-2H3/t15-/m1/s1. The Hall–Kier alpha value is -1.73. The molecule has 2 aliphatic rings. The number of likely N-dealkylation sites (tertiary alicyclic amines) is 1. The number of imidazole rings is 1. The lowest BCUT2D eigenvalue weighted by atomic mass is 10.0. The van der Waals surface area contributed by atoms with E-state index in [1.165, 1.54) is 36.5 Å². The quantitative estimate of drug-likeness (QED) is 0.799. The van der Waals surface area contributed by atoms with Gasteiger partial charge < -0.3 is 13.8 Å². The van der Waals surface area contributed by atoms with E-state index in [0.717, 1.165) is 31.6 Å². The molecule has 7 nitrogen and oxygen atoms in total. The number of hydrogen-bond donors (Lipinski definition) is 0. The van der Waals surface area contributed by atoms with Crippen molar-refractivity contribution in [2.24, 2.45) is 7.05 Å². The summed E-state index contributed by atoms with van der Waals surface area (Å²) in [4.78, 5) is 11.9. The lowest BCUT2D eigenvalue weighted by molar-refractivity contribution is 0.198. The molecule has 3 heterocycles. The average Bonchev–Trinajstić information content (AvgIpc) is 3.34. The van der Waals surface area contributed by atoms with E-state index in [1.807, 2.05) is 0 Å². The predicted octanol–water partition coefficient (Wildman–Crippen LogP) is 2.21. The summed E-state index contributed by atoms with van der Waals surface area (Å²) in [5, 5.41) is 4.05. The van der Waals surface area contributed by atoms with Crippen LogP contribution in [0.15, 0.2) is 4.52 Å². The van der Waals surface area contributed by atoms with E-state index in [4.69, 9.17) is 14.2 Å². The summed E-state index contributed by atoms with van der Waals surface area (Å²) in [6.45, 7) is 2.37. The van der Waals surface area contributed by atoms with E-state index in [-0.39, 0.29) is 0 Å². The van der Waals surface area contributed by atoms with Gasteiger partial charge in [-0.2, -0.15) is 4.98 Å². The van der Waals surface area contributed by atoms with E-state index >= 15 is 0 Å². The van der Waals surface area contributed by atoms with Crippen LogP contribution in [0.3, 0.4) is 0 Å². The van der Waals surface area contributed by atoms with Gasteiger partial charge >= 0.3 is 0 Å². The first kappa shape index (κ1) is 16.7. The molecule has 136 valence electrons. The Morgan fingerprint density at radius 2 is 2.08 bits per heavy atom. The van der Waals surface area contributed by atoms with Crippen molar-refractivity contribution in [1.82, 2.24) is 24.6 Å². The van der Waals surface area contributed by atoms with Crippen LogP contribution in [-0.2, 0) is 37.6 Å². The topological polar surface area (TPSA) is 69.2 Å². The Labute approximate surface area is 148 Å². The van der Waals surface area contributed by atoms with E-state index in [1.54, 1.807) is 7.11 Å². The van der Waals surface area contributed by atoms with Crippen molar-refractivity contribution in [2.75, 3.05) is 20.3 Å². The molecule has 1 aliphatic heterocycles. The Bertz CT molecular complexity index is 723. The normalized spacial score (nSPS) is 21.0. The third-order valence-corrected chi connectivity index (χ3v) is 5.45. The number of methoxy groups -OCH3 is 1. The van der Waals surface area contributed by atoms with E-state index < -0.39 is 0 Å². The summed E-state index contributed by atoms with van der Waals surface area (Å²) in [6.07, 6.45) is 7.87. The smallest absolute Gasteiger partial charge is 0.240 e. The molecule has 25 heavy (non-hydrogen) atoms. The van der Waals surface area contributed by atoms with Crippen molar-refractivity contribution in [3.63, 3.8) is 0 Å². The Morgan fingerprint density at radius 3 is 2.92 bits per heavy atom. The van der Waals surface area contributed by atoms with Crippen LogP contribution in [0.25, 0.3) is 0 Å². The van der Waals surface area contributed by atoms with Crippen molar-refractivity contribution in [2.45, 2.75) is 57.5 Å². The lowest BCUT2D eigenvalue weighted by Gasteiger charge is -2.22. The van der Waals surface area contributed by atoms with Gasteiger partial charge in [0.25, 0.3) is 0 Å². The molecule has 1 saturated heterocycles. The minimum absolute atomic E-state index is 0.352. The maximum atomic E-state index is 5.43. The Kier molecular flexibility index (Phi) is 4.85. The van der Waals surface area contributed by atoms with Crippen LogP contribution in [0.1, 0.15) is 60.7 Å². The van der Waals surface area contributed by atoms with Gasteiger partial charge in [-0.1, -0.05) is 5.16 Å². The van der Waals surface area contributed by atoms with Crippen molar-refractivity contribution < 1.29 is 9.26 Å². The molecule has 0 N–H and O–H groups in total. The molecule has 0 unspecified atom stereocenters. The van der Waals surface area contributed by atoms with Gasteiger partial charge in [-0.05, 0) is 45.1 Å². The van der Waals surface area contributed by atoms with E-state index in [0.29, 0.717) is 31.5 Å². The highest BCUT2D eigenvalue weighted by molar-refractivity contribution is 5.22. The number of aromatic nitrogens is 4. The second kappa shape index (κ2) is 7.25. The van der Waals surface area contributed by atoms with Crippen LogP contribution in [0.4, 0.5) is 0 Å². The summed E-state index contributed by atoms with van der Waals surface area (Å²) >= 11 is 0. The van der Waals surface area contributed by atoms with Crippen molar-refractivity contribution in [3.05, 3.63) is 28.9 Å². The van der Waals surface area contributed by atoms with Gasteiger partial charge in [-0.15, -0.1) is 0 Å². The molecule has 4 rings (SSSR count). The average molecular weight is 345 g/mol. The molecule has 1 aliphatic carbocycles. The number of hydrogen-bond acceptors (Lipinski definition) is 6. The molecule has 0 radical (unpaired) electrons. The predicted molar refractivity (Wildman–Crippen MR) is 92.1 cm³/mol. The summed E-state index contributed by atoms with van der Waals surface area (Å²) in [5.41, 5.74) is 2.75. The maximum Gasteiger partial charge on any atom is 0.240 e. The number of aryl methyl sites for hydroxylation is 1. The van der Waals surface area contributed by atoms with Gasteiger partial charge in [0.1, 0.15) is 5.82 Å². The summed E-state index contributed by atoms with van der Waals surface area (Å²) in [5.74, 6) is 2.63. The summed E-state index contributed by atoms with van der Waals surface area (Å²) in [6, 6.07) is 0.352. The van der Waals surface area contributed by atoms with Crippen molar-refractivity contribution >= 4 is 0 Å². The van der Waals surface area contributed by atoms with Gasteiger partial charge in [-0.3, -0.25) is 4.90 Å². The number of ether oxygens (including phenoxy) is 1. The molecule has 0 saturated carbocycles. The fourth-order valence-electron chi connectivity index (χ4n) is 4.14. The Morgan fingerprint density at radius 1 is 1.20 bits per heavy atom. The first-order valence-corrected chi connectivity index (χ1v) is 9.35. The van der Waals surface area contributed by atoms with Crippen LogP contribution < -0.4 is 0 Å². The van der Waals surface area contributed by atoms with Crippen LogP contribution in [0, 0.1) is 0 Å². The van der Waals surface area contributed by atoms with Crippen LogP contribution in [-0.4, -0.2) is 44.9 Å². The molecule has 7 heteroatoms. The zero-order valence-electron chi connectivity index (χ0n) is 15.2. The van der Waals surface area contributed by atoms with Gasteiger partial charge in [0.15, 0.2) is 5.82 Å². The van der Waals surface area contributed by atoms with Crippen molar-refractivity contribution in [3.8, 4) is 0 Å².